The van der Waals surface area contributed by atoms with E-state index in [-0.39, 0.29) is 12.5 Å². The van der Waals surface area contributed by atoms with E-state index < -0.39 is 31.2 Å². The van der Waals surface area contributed by atoms with Crippen LogP contribution in [0.4, 0.5) is 17.6 Å². The second-order valence-corrected chi connectivity index (χ2v) is 7.67. The van der Waals surface area contributed by atoms with Crippen LogP contribution in [0.3, 0.4) is 0 Å². The number of nitrogens with zero attached hydrogens (tertiary/aromatic N) is 2. The molecule has 1 unspecified atom stereocenters. The summed E-state index contributed by atoms with van der Waals surface area (Å²) in [6.07, 6.45) is -3.52. The van der Waals surface area contributed by atoms with E-state index in [4.69, 9.17) is 20.9 Å². The van der Waals surface area contributed by atoms with Crippen LogP contribution in [0, 0.1) is 0 Å². The number of hydrogen-bond acceptors (Lipinski definition) is 6. The third kappa shape index (κ3) is 6.02. The lowest BCUT2D eigenvalue weighted by Gasteiger charge is -2.24. The average molecular weight is 406 g/mol. The molecule has 0 fully saturated rings. The van der Waals surface area contributed by atoms with Crippen molar-refractivity contribution in [2.45, 2.75) is 46.1 Å². The van der Waals surface area contributed by atoms with Crippen LogP contribution in [0.25, 0.3) is 0 Å². The van der Waals surface area contributed by atoms with Gasteiger partial charge >= 0.3 is 19.1 Å². The van der Waals surface area contributed by atoms with Crippen LogP contribution in [0.1, 0.15) is 26.6 Å². The molecule has 1 aromatic heterocycles. The molecular weight excluding hydrogens is 387 g/mol. The Kier molecular flexibility index (Phi) is 7.98. The molecule has 0 radical (unpaired) electrons. The molecule has 1 rings (SSSR count). The van der Waals surface area contributed by atoms with Crippen molar-refractivity contribution in [1.82, 2.24) is 9.55 Å². The first kappa shape index (κ1) is 22.0. The normalized spacial score (nSPS) is 14.6. The van der Waals surface area contributed by atoms with Gasteiger partial charge in [0.1, 0.15) is 12.4 Å². The van der Waals surface area contributed by atoms with Crippen molar-refractivity contribution in [2.75, 3.05) is 13.2 Å². The van der Waals surface area contributed by atoms with Crippen LogP contribution in [-0.4, -0.2) is 35.1 Å². The first-order valence-electron chi connectivity index (χ1n) is 7.44. The van der Waals surface area contributed by atoms with Crippen molar-refractivity contribution in [3.05, 3.63) is 22.2 Å². The van der Waals surface area contributed by atoms with Gasteiger partial charge in [-0.15, -0.1) is 0 Å². The SMILES string of the molecule is CCOP(=S)(OCC(F)(F)C(F)F)Oc1cc(=O)n(CC)c(CC)n1. The van der Waals surface area contributed by atoms with Crippen LogP contribution in [0.5, 0.6) is 5.88 Å². The number of rotatable bonds is 10. The van der Waals surface area contributed by atoms with E-state index in [9.17, 15) is 22.4 Å². The summed E-state index contributed by atoms with van der Waals surface area (Å²) in [4.78, 5) is 16.1. The zero-order valence-corrected chi connectivity index (χ0v) is 15.6. The van der Waals surface area contributed by atoms with Crippen LogP contribution >= 0.6 is 6.72 Å². The molecule has 0 amide bonds. The molecule has 0 aliphatic carbocycles. The molecule has 25 heavy (non-hydrogen) atoms. The Morgan fingerprint density at radius 1 is 1.32 bits per heavy atom. The Balaban J connectivity index is 3.07. The highest BCUT2D eigenvalue weighted by atomic mass is 32.5. The summed E-state index contributed by atoms with van der Waals surface area (Å²) in [5.41, 5.74) is -0.430. The maximum Gasteiger partial charge on any atom is 0.382 e. The summed E-state index contributed by atoms with van der Waals surface area (Å²) in [5.74, 6) is -4.28. The number of aryl methyl sites for hydroxylation is 1. The first-order chi connectivity index (χ1) is 11.6. The molecule has 1 aromatic rings. The lowest BCUT2D eigenvalue weighted by Crippen LogP contribution is -2.32. The monoisotopic (exact) mass is 406 g/mol. The largest absolute Gasteiger partial charge is 0.405 e. The topological polar surface area (TPSA) is 62.6 Å². The second-order valence-electron chi connectivity index (χ2n) is 4.74. The highest BCUT2D eigenvalue weighted by Gasteiger charge is 2.43. The molecule has 0 spiro atoms. The van der Waals surface area contributed by atoms with Gasteiger partial charge in [0.2, 0.25) is 5.88 Å². The Hall–Kier alpha value is -1.03. The zero-order valence-electron chi connectivity index (χ0n) is 13.9. The predicted molar refractivity (Wildman–Crippen MR) is 87.0 cm³/mol. The molecule has 12 heteroatoms. The van der Waals surface area contributed by atoms with Crippen LogP contribution < -0.4 is 10.1 Å². The molecule has 1 heterocycles. The van der Waals surface area contributed by atoms with Gasteiger partial charge in [0.25, 0.3) is 5.56 Å². The van der Waals surface area contributed by atoms with E-state index in [0.29, 0.717) is 18.8 Å². The zero-order chi connectivity index (χ0) is 19.3. The maximum absolute atomic E-state index is 13.1. The van der Waals surface area contributed by atoms with Gasteiger partial charge in [-0.1, -0.05) is 6.92 Å². The van der Waals surface area contributed by atoms with Crippen LogP contribution in [0.2, 0.25) is 0 Å². The van der Waals surface area contributed by atoms with E-state index >= 15 is 0 Å². The highest BCUT2D eigenvalue weighted by Crippen LogP contribution is 2.50. The van der Waals surface area contributed by atoms with Crippen LogP contribution in [0.15, 0.2) is 10.9 Å². The molecule has 0 N–H and O–H groups in total. The molecule has 0 aliphatic rings. The van der Waals surface area contributed by atoms with E-state index in [1.165, 1.54) is 11.5 Å². The van der Waals surface area contributed by atoms with Gasteiger partial charge in [-0.25, -0.2) is 8.78 Å². The molecule has 0 aromatic carbocycles. The standard InChI is InChI=1S/C13H19F4N2O4PS/c1-4-9-18-10(7-11(20)19(9)5-2)23-24(25,21-6-3)22-8-13(16,17)12(14)15/h7,12H,4-6,8H2,1-3H3. The van der Waals surface area contributed by atoms with Crippen molar-refractivity contribution in [1.29, 1.82) is 0 Å². The summed E-state index contributed by atoms with van der Waals surface area (Å²) in [7, 11) is 0. The van der Waals surface area contributed by atoms with Crippen molar-refractivity contribution < 1.29 is 31.1 Å². The van der Waals surface area contributed by atoms with Crippen molar-refractivity contribution in [3.8, 4) is 5.88 Å². The Labute approximate surface area is 147 Å². The Morgan fingerprint density at radius 3 is 2.44 bits per heavy atom. The van der Waals surface area contributed by atoms with Gasteiger partial charge in [0.05, 0.1) is 12.7 Å². The third-order valence-corrected chi connectivity index (χ3v) is 5.21. The van der Waals surface area contributed by atoms with E-state index in [2.05, 4.69) is 9.51 Å². The summed E-state index contributed by atoms with van der Waals surface area (Å²) in [6.45, 7) is -0.186. The van der Waals surface area contributed by atoms with E-state index in [1.807, 2.05) is 0 Å². The fourth-order valence-electron chi connectivity index (χ4n) is 1.78. The summed E-state index contributed by atoms with van der Waals surface area (Å²) < 4.78 is 66.9. The number of hydrogen-bond donors (Lipinski definition) is 0. The summed E-state index contributed by atoms with van der Waals surface area (Å²) in [5, 5.41) is 0. The molecule has 1 atom stereocenters. The minimum atomic E-state index is -4.40. The van der Waals surface area contributed by atoms with Gasteiger partial charge in [-0.05, 0) is 13.8 Å². The maximum atomic E-state index is 13.1. The molecule has 144 valence electrons. The molecule has 0 aliphatic heterocycles. The molecular formula is C13H19F4N2O4PS. The van der Waals surface area contributed by atoms with Gasteiger partial charge in [0.15, 0.2) is 0 Å². The van der Waals surface area contributed by atoms with Gasteiger partial charge < -0.3 is 4.52 Å². The second kappa shape index (κ2) is 9.07. The van der Waals surface area contributed by atoms with Gasteiger partial charge in [0, 0.05) is 24.8 Å². The first-order valence-corrected chi connectivity index (χ1v) is 9.99. The smallest absolute Gasteiger partial charge is 0.382 e. The fourth-order valence-corrected chi connectivity index (χ4v) is 3.63. The molecule has 0 saturated heterocycles. The molecule has 0 bridgehead atoms. The quantitative estimate of drug-likeness (QED) is 0.439. The molecule has 6 nitrogen and oxygen atoms in total. The summed E-state index contributed by atoms with van der Waals surface area (Å²) >= 11 is 4.94. The summed E-state index contributed by atoms with van der Waals surface area (Å²) in [6, 6.07) is 1.01. The third-order valence-electron chi connectivity index (χ3n) is 2.92. The van der Waals surface area contributed by atoms with Crippen molar-refractivity contribution in [2.24, 2.45) is 0 Å². The number of aromatic nitrogens is 2. The minimum Gasteiger partial charge on any atom is -0.405 e. The van der Waals surface area contributed by atoms with E-state index in [1.54, 1.807) is 13.8 Å². The van der Waals surface area contributed by atoms with Crippen molar-refractivity contribution >= 4 is 18.5 Å². The minimum absolute atomic E-state index is 0.0653. The number of halogens is 4. The highest BCUT2D eigenvalue weighted by molar-refractivity contribution is 8.07. The van der Waals surface area contributed by atoms with Gasteiger partial charge in [-0.3, -0.25) is 18.4 Å². The van der Waals surface area contributed by atoms with Gasteiger partial charge in [-0.2, -0.15) is 13.8 Å². The lowest BCUT2D eigenvalue weighted by atomic mass is 10.4. The lowest BCUT2D eigenvalue weighted by molar-refractivity contribution is -0.149. The van der Waals surface area contributed by atoms with Crippen LogP contribution in [-0.2, 0) is 33.8 Å². The van der Waals surface area contributed by atoms with Crippen molar-refractivity contribution in [3.63, 3.8) is 0 Å². The molecule has 0 saturated carbocycles. The Bertz CT molecular complexity index is 686. The van der Waals surface area contributed by atoms with E-state index in [0.717, 1.165) is 6.07 Å². The number of alkyl halides is 4. The predicted octanol–water partition coefficient (Wildman–Crippen LogP) is 3.38. The Morgan fingerprint density at radius 2 is 1.96 bits per heavy atom. The fraction of sp³-hybridized carbons (Fsp3) is 0.692. The average Bonchev–Trinajstić information content (AvgIpc) is 2.52.